The van der Waals surface area contributed by atoms with Gasteiger partial charge in [-0.1, -0.05) is 52.7 Å². The van der Waals surface area contributed by atoms with Gasteiger partial charge in [0.05, 0.1) is 17.8 Å². The fourth-order valence-corrected chi connectivity index (χ4v) is 9.22. The Balaban J connectivity index is 2.82. The lowest BCUT2D eigenvalue weighted by atomic mass is 9.94. The molecule has 4 atom stereocenters. The molecule has 5 heteroatoms. The minimum absolute atomic E-state index is 0.0701. The fraction of sp³-hybridized carbons (Fsp3) is 0.913. The molecule has 0 aliphatic heterocycles. The Labute approximate surface area is 177 Å². The van der Waals surface area contributed by atoms with E-state index in [4.69, 9.17) is 8.85 Å². The van der Waals surface area contributed by atoms with Crippen LogP contribution < -0.4 is 0 Å². The van der Waals surface area contributed by atoms with Gasteiger partial charge in [-0.2, -0.15) is 0 Å². The molecule has 1 N–H and O–H groups in total. The zero-order valence-corrected chi connectivity index (χ0v) is 22.0. The summed E-state index contributed by atoms with van der Waals surface area (Å²) in [5, 5.41) is 10.3. The number of rotatable bonds is 13. The Morgan fingerprint density at radius 1 is 1.04 bits per heavy atom. The van der Waals surface area contributed by atoms with Gasteiger partial charge in [-0.25, -0.2) is 0 Å². The second-order valence-electron chi connectivity index (χ2n) is 10.1. The Hall–Kier alpha value is 0.0538. The summed E-state index contributed by atoms with van der Waals surface area (Å²) in [5.41, 5.74) is -0.0701. The third-order valence-electron chi connectivity index (χ3n) is 6.41. The molecule has 0 aromatic carbocycles. The van der Waals surface area contributed by atoms with E-state index in [1.807, 2.05) is 0 Å². The van der Waals surface area contributed by atoms with Gasteiger partial charge in [-0.15, -0.1) is 0 Å². The van der Waals surface area contributed by atoms with E-state index >= 15 is 0 Å². The molecule has 0 aromatic rings. The van der Waals surface area contributed by atoms with Gasteiger partial charge < -0.3 is 14.0 Å². The minimum atomic E-state index is -1.64. The van der Waals surface area contributed by atoms with Gasteiger partial charge in [0.25, 0.3) is 0 Å². The molecule has 1 rings (SSSR count). The average molecular weight is 429 g/mol. The van der Waals surface area contributed by atoms with Crippen molar-refractivity contribution in [1.82, 2.24) is 0 Å². The molecule has 0 bridgehead atoms. The Morgan fingerprint density at radius 2 is 1.64 bits per heavy atom. The van der Waals surface area contributed by atoms with Crippen molar-refractivity contribution >= 4 is 16.6 Å². The van der Waals surface area contributed by atoms with Crippen molar-refractivity contribution < 1.29 is 14.0 Å². The quantitative estimate of drug-likeness (QED) is 0.256. The van der Waals surface area contributed by atoms with E-state index in [9.17, 15) is 5.11 Å². The smallest absolute Gasteiger partial charge is 0.192 e. The molecule has 1 aliphatic rings. The lowest BCUT2D eigenvalue weighted by Gasteiger charge is -2.36. The number of unbranched alkanes of at least 4 members (excludes halogenated alkanes) is 1. The van der Waals surface area contributed by atoms with Crippen LogP contribution in [0.3, 0.4) is 0 Å². The fourth-order valence-electron chi connectivity index (χ4n) is 4.64. The van der Waals surface area contributed by atoms with Crippen molar-refractivity contribution in [2.45, 2.75) is 129 Å². The van der Waals surface area contributed by atoms with E-state index in [1.54, 1.807) is 0 Å². The Morgan fingerprint density at radius 3 is 2.14 bits per heavy atom. The first-order valence-corrected chi connectivity index (χ1v) is 17.7. The summed E-state index contributed by atoms with van der Waals surface area (Å²) in [6, 6.07) is 3.51. The zero-order chi connectivity index (χ0) is 21.4. The van der Waals surface area contributed by atoms with Gasteiger partial charge >= 0.3 is 0 Å². The maximum absolute atomic E-state index is 10.3. The topological polar surface area (TPSA) is 38.7 Å². The van der Waals surface area contributed by atoms with Crippen LogP contribution in [0.5, 0.6) is 0 Å². The molecular weight excluding hydrogens is 380 g/mol. The van der Waals surface area contributed by atoms with Crippen LogP contribution >= 0.6 is 0 Å². The maximum Gasteiger partial charge on any atom is 0.192 e. The van der Waals surface area contributed by atoms with Gasteiger partial charge in [-0.3, -0.25) is 0 Å². The highest BCUT2D eigenvalue weighted by Crippen LogP contribution is 2.36. The molecule has 1 saturated carbocycles. The first-order chi connectivity index (χ1) is 13.0. The van der Waals surface area contributed by atoms with Crippen LogP contribution in [0, 0.1) is 5.92 Å². The molecule has 0 aromatic heterocycles. The molecule has 0 amide bonds. The largest absolute Gasteiger partial charge is 0.413 e. The van der Waals surface area contributed by atoms with E-state index < -0.39 is 16.6 Å². The van der Waals surface area contributed by atoms with Crippen LogP contribution in [0.25, 0.3) is 0 Å². The number of aliphatic hydroxyl groups excluding tert-OH is 1. The number of hydrogen-bond acceptors (Lipinski definition) is 3. The second kappa shape index (κ2) is 11.4. The predicted molar refractivity (Wildman–Crippen MR) is 127 cm³/mol. The van der Waals surface area contributed by atoms with Crippen LogP contribution in [0.1, 0.15) is 73.1 Å². The number of hydrogen-bond donors (Lipinski definition) is 1. The van der Waals surface area contributed by atoms with Crippen molar-refractivity contribution in [3.8, 4) is 0 Å². The maximum atomic E-state index is 10.3. The van der Waals surface area contributed by atoms with Crippen LogP contribution in [0.4, 0.5) is 0 Å². The summed E-state index contributed by atoms with van der Waals surface area (Å²) < 4.78 is 13.3. The molecule has 0 heterocycles. The standard InChI is InChI=1S/C23H48O3Si2/c1-9-13-16-23(5,26-27(6,7)8)17-14-15-20-18-21(24)19-22(20)25-28(10-2,11-3)12-4/h14-15,20-22,24H,9-13,16-19H2,1-8H3/b15-14+/t20-,21?,22-,23?/m1/s1. The van der Waals surface area contributed by atoms with Crippen LogP contribution in [-0.4, -0.2) is 39.6 Å². The molecule has 3 nitrogen and oxygen atoms in total. The van der Waals surface area contributed by atoms with Crippen LogP contribution in [-0.2, 0) is 8.85 Å². The third kappa shape index (κ3) is 8.43. The van der Waals surface area contributed by atoms with Crippen molar-refractivity contribution in [3.05, 3.63) is 12.2 Å². The van der Waals surface area contributed by atoms with Crippen molar-refractivity contribution in [1.29, 1.82) is 0 Å². The summed E-state index contributed by atoms with van der Waals surface area (Å²) >= 11 is 0. The molecule has 1 fully saturated rings. The molecule has 2 unspecified atom stereocenters. The van der Waals surface area contributed by atoms with Crippen molar-refractivity contribution in [2.24, 2.45) is 5.92 Å². The van der Waals surface area contributed by atoms with Crippen LogP contribution in [0.2, 0.25) is 37.8 Å². The number of aliphatic hydroxyl groups is 1. The van der Waals surface area contributed by atoms with E-state index in [1.165, 1.54) is 31.0 Å². The molecule has 1 aliphatic carbocycles. The predicted octanol–water partition coefficient (Wildman–Crippen LogP) is 6.89. The van der Waals surface area contributed by atoms with Crippen molar-refractivity contribution in [3.63, 3.8) is 0 Å². The van der Waals surface area contributed by atoms with E-state index in [-0.39, 0.29) is 17.8 Å². The zero-order valence-electron chi connectivity index (χ0n) is 20.0. The molecule has 0 radical (unpaired) electrons. The van der Waals surface area contributed by atoms with E-state index in [0.29, 0.717) is 5.92 Å². The highest BCUT2D eigenvalue weighted by atomic mass is 28.4. The molecule has 0 saturated heterocycles. The first-order valence-electron chi connectivity index (χ1n) is 11.7. The average Bonchev–Trinajstić information content (AvgIpc) is 2.95. The van der Waals surface area contributed by atoms with E-state index in [0.717, 1.165) is 25.7 Å². The van der Waals surface area contributed by atoms with Gasteiger partial charge in [0.15, 0.2) is 16.6 Å². The van der Waals surface area contributed by atoms with E-state index in [2.05, 4.69) is 66.4 Å². The normalized spacial score (nSPS) is 26.1. The molecule has 0 spiro atoms. The van der Waals surface area contributed by atoms with Gasteiger partial charge in [0.1, 0.15) is 0 Å². The monoisotopic (exact) mass is 428 g/mol. The summed E-state index contributed by atoms with van der Waals surface area (Å²) in [4.78, 5) is 0. The summed E-state index contributed by atoms with van der Waals surface area (Å²) in [7, 11) is -3.23. The Kier molecular flexibility index (Phi) is 10.7. The third-order valence-corrected chi connectivity index (χ3v) is 12.2. The van der Waals surface area contributed by atoms with Crippen LogP contribution in [0.15, 0.2) is 12.2 Å². The molecule has 166 valence electrons. The second-order valence-corrected chi connectivity index (χ2v) is 19.2. The van der Waals surface area contributed by atoms with Gasteiger partial charge in [0, 0.05) is 5.92 Å². The molecule has 28 heavy (non-hydrogen) atoms. The molecular formula is C23H48O3Si2. The SMILES string of the molecule is CCCCC(C)(C/C=C/[C@@H]1CC(O)C[C@H]1O[Si](CC)(CC)CC)O[Si](C)(C)C. The lowest BCUT2D eigenvalue weighted by molar-refractivity contribution is 0.0712. The Bertz CT molecular complexity index is 463. The highest BCUT2D eigenvalue weighted by molar-refractivity contribution is 6.73. The van der Waals surface area contributed by atoms with Gasteiger partial charge in [-0.05, 0) is 70.4 Å². The minimum Gasteiger partial charge on any atom is -0.413 e. The summed E-state index contributed by atoms with van der Waals surface area (Å²) in [6.07, 6.45) is 10.7. The first kappa shape index (κ1) is 26.1. The van der Waals surface area contributed by atoms with Gasteiger partial charge in [0.2, 0.25) is 0 Å². The lowest BCUT2D eigenvalue weighted by Crippen LogP contribution is -2.41. The summed E-state index contributed by atoms with van der Waals surface area (Å²) in [5.74, 6) is 0.342. The highest BCUT2D eigenvalue weighted by Gasteiger charge is 2.39. The summed E-state index contributed by atoms with van der Waals surface area (Å²) in [6.45, 7) is 18.2. The van der Waals surface area contributed by atoms with Crippen molar-refractivity contribution in [2.75, 3.05) is 0 Å².